The summed E-state index contributed by atoms with van der Waals surface area (Å²) in [6, 6.07) is 7.25. The highest BCUT2D eigenvalue weighted by molar-refractivity contribution is 7.89. The molecule has 1 unspecified atom stereocenters. The van der Waals surface area contributed by atoms with Crippen molar-refractivity contribution >= 4 is 15.9 Å². The number of carbonyl (C=O) groups excluding carboxylic acids is 1. The molecule has 0 aliphatic carbocycles. The number of amides is 1. The van der Waals surface area contributed by atoms with E-state index >= 15 is 0 Å². The summed E-state index contributed by atoms with van der Waals surface area (Å²) in [5, 5.41) is 6.26. The summed E-state index contributed by atoms with van der Waals surface area (Å²) in [6.07, 6.45) is 6.10. The molecule has 26 heavy (non-hydrogen) atoms. The molecule has 1 atom stereocenters. The zero-order chi connectivity index (χ0) is 18.4. The van der Waals surface area contributed by atoms with Gasteiger partial charge in [-0.05, 0) is 49.9 Å². The molecule has 0 aromatic heterocycles. The van der Waals surface area contributed by atoms with Gasteiger partial charge in [-0.1, -0.05) is 25.0 Å². The fourth-order valence-electron chi connectivity index (χ4n) is 3.59. The molecule has 0 radical (unpaired) electrons. The van der Waals surface area contributed by atoms with Crippen LogP contribution in [0.2, 0.25) is 0 Å². The van der Waals surface area contributed by atoms with Crippen LogP contribution >= 0.6 is 0 Å². The lowest BCUT2D eigenvalue weighted by molar-refractivity contribution is -0.121. The Morgan fingerprint density at radius 1 is 1.12 bits per heavy atom. The second-order valence-corrected chi connectivity index (χ2v) is 9.16. The van der Waals surface area contributed by atoms with Crippen LogP contribution in [0.15, 0.2) is 29.2 Å². The van der Waals surface area contributed by atoms with Gasteiger partial charge in [0.25, 0.3) is 0 Å². The van der Waals surface area contributed by atoms with Gasteiger partial charge in [0.1, 0.15) is 0 Å². The molecule has 1 aromatic rings. The highest BCUT2D eigenvalue weighted by atomic mass is 32.2. The van der Waals surface area contributed by atoms with Crippen molar-refractivity contribution in [3.8, 4) is 0 Å². The van der Waals surface area contributed by atoms with Crippen LogP contribution in [0.5, 0.6) is 0 Å². The van der Waals surface area contributed by atoms with Gasteiger partial charge >= 0.3 is 0 Å². The van der Waals surface area contributed by atoms with E-state index < -0.39 is 10.0 Å². The molecular weight excluding hydrogens is 350 g/mol. The highest BCUT2D eigenvalue weighted by Crippen LogP contribution is 2.21. The smallest absolute Gasteiger partial charge is 0.243 e. The monoisotopic (exact) mass is 379 g/mol. The summed E-state index contributed by atoms with van der Waals surface area (Å²) in [7, 11) is -3.40. The molecule has 2 aliphatic heterocycles. The van der Waals surface area contributed by atoms with Crippen molar-refractivity contribution in [2.75, 3.05) is 26.2 Å². The Morgan fingerprint density at radius 3 is 2.42 bits per heavy atom. The molecule has 2 fully saturated rings. The van der Waals surface area contributed by atoms with Crippen molar-refractivity contribution in [1.29, 1.82) is 0 Å². The fourth-order valence-corrected chi connectivity index (χ4v) is 5.11. The second-order valence-electron chi connectivity index (χ2n) is 7.22. The first-order valence-electron chi connectivity index (χ1n) is 9.65. The quantitative estimate of drug-likeness (QED) is 0.788. The van der Waals surface area contributed by atoms with Crippen LogP contribution < -0.4 is 10.6 Å². The number of benzene rings is 1. The molecule has 2 saturated heterocycles. The van der Waals surface area contributed by atoms with Crippen LogP contribution in [-0.2, 0) is 21.2 Å². The maximum atomic E-state index is 12.8. The predicted octanol–water partition coefficient (Wildman–Crippen LogP) is 1.66. The lowest BCUT2D eigenvalue weighted by Gasteiger charge is -2.20. The van der Waals surface area contributed by atoms with Crippen molar-refractivity contribution in [3.05, 3.63) is 29.8 Å². The van der Waals surface area contributed by atoms with E-state index in [-0.39, 0.29) is 11.9 Å². The van der Waals surface area contributed by atoms with E-state index in [0.717, 1.165) is 50.8 Å². The Balaban J connectivity index is 1.54. The Bertz CT molecular complexity index is 689. The largest absolute Gasteiger partial charge is 0.352 e. The van der Waals surface area contributed by atoms with Gasteiger partial charge < -0.3 is 10.6 Å². The third-order valence-electron chi connectivity index (χ3n) is 5.19. The van der Waals surface area contributed by atoms with Gasteiger partial charge in [-0.15, -0.1) is 0 Å². The molecule has 7 heteroatoms. The molecule has 6 nitrogen and oxygen atoms in total. The van der Waals surface area contributed by atoms with Crippen LogP contribution in [0.1, 0.15) is 44.1 Å². The first-order chi connectivity index (χ1) is 12.6. The Labute approximate surface area is 156 Å². The lowest BCUT2D eigenvalue weighted by Crippen LogP contribution is -2.36. The number of aryl methyl sites for hydroxylation is 1. The summed E-state index contributed by atoms with van der Waals surface area (Å²) < 4.78 is 27.1. The van der Waals surface area contributed by atoms with Gasteiger partial charge in [0, 0.05) is 32.1 Å². The fraction of sp³-hybridized carbons (Fsp3) is 0.632. The van der Waals surface area contributed by atoms with E-state index in [4.69, 9.17) is 0 Å². The van der Waals surface area contributed by atoms with E-state index in [9.17, 15) is 13.2 Å². The molecule has 0 spiro atoms. The number of hydrogen-bond donors (Lipinski definition) is 2. The van der Waals surface area contributed by atoms with E-state index in [1.807, 2.05) is 12.1 Å². The minimum absolute atomic E-state index is 0.0555. The second kappa shape index (κ2) is 8.97. The van der Waals surface area contributed by atoms with Crippen molar-refractivity contribution < 1.29 is 13.2 Å². The van der Waals surface area contributed by atoms with Crippen LogP contribution in [0.4, 0.5) is 0 Å². The first kappa shape index (κ1) is 19.3. The maximum absolute atomic E-state index is 12.8. The number of hydrogen-bond acceptors (Lipinski definition) is 4. The summed E-state index contributed by atoms with van der Waals surface area (Å²) in [6.45, 7) is 3.02. The lowest BCUT2D eigenvalue weighted by atomic mass is 10.1. The van der Waals surface area contributed by atoms with Crippen molar-refractivity contribution in [2.45, 2.75) is 55.9 Å². The SMILES string of the molecule is O=C(CCc1ccc(S(=O)(=O)N2CCCCCC2)cc1)NC1CCNC1. The topological polar surface area (TPSA) is 78.5 Å². The Morgan fingerprint density at radius 2 is 1.81 bits per heavy atom. The minimum atomic E-state index is -3.40. The Hall–Kier alpha value is -1.44. The standard InChI is InChI=1S/C19H29N3O3S/c23-19(21-17-11-12-20-15-17)10-7-16-5-8-18(9-6-16)26(24,25)22-13-3-1-2-4-14-22/h5-6,8-9,17,20H,1-4,7,10-15H2,(H,21,23). The van der Waals surface area contributed by atoms with E-state index in [1.54, 1.807) is 16.4 Å². The van der Waals surface area contributed by atoms with Crippen molar-refractivity contribution in [2.24, 2.45) is 0 Å². The molecule has 0 saturated carbocycles. The average molecular weight is 380 g/mol. The molecule has 2 N–H and O–H groups in total. The first-order valence-corrected chi connectivity index (χ1v) is 11.1. The molecule has 144 valence electrons. The number of carbonyl (C=O) groups is 1. The van der Waals surface area contributed by atoms with E-state index in [2.05, 4.69) is 10.6 Å². The van der Waals surface area contributed by atoms with Gasteiger partial charge in [-0.25, -0.2) is 8.42 Å². The van der Waals surface area contributed by atoms with Gasteiger partial charge in [0.15, 0.2) is 0 Å². The molecule has 1 aromatic carbocycles. The summed E-state index contributed by atoms with van der Waals surface area (Å²) >= 11 is 0. The van der Waals surface area contributed by atoms with Crippen LogP contribution in [-0.4, -0.2) is 50.9 Å². The van der Waals surface area contributed by atoms with Crippen LogP contribution in [0.3, 0.4) is 0 Å². The van der Waals surface area contributed by atoms with Gasteiger partial charge in [0.2, 0.25) is 15.9 Å². The minimum Gasteiger partial charge on any atom is -0.352 e. The van der Waals surface area contributed by atoms with Gasteiger partial charge in [-0.3, -0.25) is 4.79 Å². The number of sulfonamides is 1. The average Bonchev–Trinajstić information content (AvgIpc) is 2.98. The zero-order valence-electron chi connectivity index (χ0n) is 15.2. The summed E-state index contributed by atoms with van der Waals surface area (Å²) in [5.41, 5.74) is 0.986. The number of rotatable bonds is 6. The molecule has 2 heterocycles. The molecule has 0 bridgehead atoms. The van der Waals surface area contributed by atoms with Crippen LogP contribution in [0, 0.1) is 0 Å². The normalized spacial score (nSPS) is 22.1. The van der Waals surface area contributed by atoms with E-state index in [1.165, 1.54) is 0 Å². The van der Waals surface area contributed by atoms with Crippen LogP contribution in [0.25, 0.3) is 0 Å². The number of nitrogens with zero attached hydrogens (tertiary/aromatic N) is 1. The van der Waals surface area contributed by atoms with Gasteiger partial charge in [0.05, 0.1) is 4.90 Å². The van der Waals surface area contributed by atoms with E-state index in [0.29, 0.717) is 30.8 Å². The maximum Gasteiger partial charge on any atom is 0.243 e. The molecule has 1 amide bonds. The Kier molecular flexibility index (Phi) is 6.67. The highest BCUT2D eigenvalue weighted by Gasteiger charge is 2.25. The summed E-state index contributed by atoms with van der Waals surface area (Å²) in [4.78, 5) is 12.3. The summed E-state index contributed by atoms with van der Waals surface area (Å²) in [5.74, 6) is 0.0555. The number of nitrogens with one attached hydrogen (secondary N) is 2. The molecular formula is C19H29N3O3S. The third kappa shape index (κ3) is 5.05. The molecule has 3 rings (SSSR count). The van der Waals surface area contributed by atoms with Crippen molar-refractivity contribution in [3.63, 3.8) is 0 Å². The predicted molar refractivity (Wildman–Crippen MR) is 101 cm³/mol. The zero-order valence-corrected chi connectivity index (χ0v) is 16.1. The molecule has 2 aliphatic rings. The third-order valence-corrected chi connectivity index (χ3v) is 7.11. The van der Waals surface area contributed by atoms with Gasteiger partial charge in [-0.2, -0.15) is 4.31 Å². The van der Waals surface area contributed by atoms with Crippen molar-refractivity contribution in [1.82, 2.24) is 14.9 Å².